The van der Waals surface area contributed by atoms with Crippen molar-refractivity contribution in [1.82, 2.24) is 0 Å². The van der Waals surface area contributed by atoms with Crippen molar-refractivity contribution in [3.8, 4) is 12.3 Å². The number of aromatic carboxylic acids is 1. The molecule has 0 aliphatic rings. The van der Waals surface area contributed by atoms with Crippen molar-refractivity contribution in [1.29, 1.82) is 0 Å². The molecule has 6 nitrogen and oxygen atoms in total. The summed E-state index contributed by atoms with van der Waals surface area (Å²) >= 11 is 0. The molecule has 1 N–H and O–H groups in total. The average molecular weight is 252 g/mol. The summed E-state index contributed by atoms with van der Waals surface area (Å²) in [5.41, 5.74) is -1.48. The van der Waals surface area contributed by atoms with Crippen molar-refractivity contribution in [3.05, 3.63) is 33.6 Å². The molecule has 94 valence electrons. The zero-order chi connectivity index (χ0) is 13.9. The van der Waals surface area contributed by atoms with E-state index in [0.29, 0.717) is 6.07 Å². The van der Waals surface area contributed by atoms with E-state index in [9.17, 15) is 19.3 Å². The smallest absolute Gasteiger partial charge is 0.342 e. The van der Waals surface area contributed by atoms with Crippen molar-refractivity contribution in [2.45, 2.75) is 0 Å². The maximum absolute atomic E-state index is 13.6. The normalized spacial score (nSPS) is 9.61. The van der Waals surface area contributed by atoms with Crippen LogP contribution in [-0.2, 0) is 0 Å². The first-order chi connectivity index (χ1) is 8.38. The maximum atomic E-state index is 13.6. The predicted molar refractivity (Wildman–Crippen MR) is 62.1 cm³/mol. The van der Waals surface area contributed by atoms with E-state index in [2.05, 4.69) is 5.92 Å². The standard InChI is InChI=1S/C11H9FN2O4/c1-3-4-13(2)10-5-7(11(15)16)9(14(17)18)6-8(10)12/h1,5-6H,4H2,2H3,(H,15,16). The lowest BCUT2D eigenvalue weighted by molar-refractivity contribution is -0.385. The monoisotopic (exact) mass is 252 g/mol. The summed E-state index contributed by atoms with van der Waals surface area (Å²) in [7, 11) is 1.45. The summed E-state index contributed by atoms with van der Waals surface area (Å²) in [4.78, 5) is 21.8. The van der Waals surface area contributed by atoms with Gasteiger partial charge in [-0.3, -0.25) is 10.1 Å². The van der Waals surface area contributed by atoms with Gasteiger partial charge < -0.3 is 10.0 Å². The quantitative estimate of drug-likeness (QED) is 0.498. The Morgan fingerprint density at radius 2 is 2.28 bits per heavy atom. The number of nitro groups is 1. The highest BCUT2D eigenvalue weighted by atomic mass is 19.1. The highest BCUT2D eigenvalue weighted by Crippen LogP contribution is 2.28. The molecule has 0 heterocycles. The molecule has 1 aromatic carbocycles. The fourth-order valence-corrected chi connectivity index (χ4v) is 1.39. The van der Waals surface area contributed by atoms with Crippen LogP contribution in [0.5, 0.6) is 0 Å². The average Bonchev–Trinajstić information content (AvgIpc) is 2.28. The minimum atomic E-state index is -1.50. The van der Waals surface area contributed by atoms with Crippen molar-refractivity contribution < 1.29 is 19.2 Å². The van der Waals surface area contributed by atoms with Gasteiger partial charge >= 0.3 is 5.97 Å². The number of nitrogens with zero attached hydrogens (tertiary/aromatic N) is 2. The van der Waals surface area contributed by atoms with Crippen LogP contribution in [0.2, 0.25) is 0 Å². The summed E-state index contributed by atoms with van der Waals surface area (Å²) in [6.45, 7) is 0.0494. The Morgan fingerprint density at radius 1 is 1.67 bits per heavy atom. The van der Waals surface area contributed by atoms with E-state index < -0.39 is 28.0 Å². The molecule has 0 amide bonds. The molecule has 0 spiro atoms. The molecule has 0 saturated heterocycles. The van der Waals surface area contributed by atoms with E-state index in [0.717, 1.165) is 6.07 Å². The van der Waals surface area contributed by atoms with Crippen LogP contribution in [0.3, 0.4) is 0 Å². The number of terminal acetylenes is 1. The predicted octanol–water partition coefficient (Wildman–Crippen LogP) is 1.50. The summed E-state index contributed by atoms with van der Waals surface area (Å²) in [5.74, 6) is -0.144. The molecule has 0 aliphatic carbocycles. The molecule has 0 fully saturated rings. The summed E-state index contributed by atoms with van der Waals surface area (Å²) < 4.78 is 13.6. The van der Waals surface area contributed by atoms with Crippen LogP contribution in [-0.4, -0.2) is 29.6 Å². The number of nitro benzene ring substituents is 1. The summed E-state index contributed by atoms with van der Waals surface area (Å²) in [6, 6.07) is 1.47. The van der Waals surface area contributed by atoms with Crippen LogP contribution in [0.4, 0.5) is 15.8 Å². The number of benzene rings is 1. The van der Waals surface area contributed by atoms with E-state index in [-0.39, 0.29) is 12.2 Å². The Morgan fingerprint density at radius 3 is 2.72 bits per heavy atom. The van der Waals surface area contributed by atoms with Crippen LogP contribution in [0, 0.1) is 28.3 Å². The van der Waals surface area contributed by atoms with Gasteiger partial charge in [-0.15, -0.1) is 6.42 Å². The second-order valence-corrected chi connectivity index (χ2v) is 3.44. The molecule has 1 aromatic rings. The Labute approximate surface area is 102 Å². The number of carboxylic acids is 1. The first kappa shape index (κ1) is 13.4. The minimum Gasteiger partial charge on any atom is -0.477 e. The van der Waals surface area contributed by atoms with Crippen LogP contribution in [0.25, 0.3) is 0 Å². The highest BCUT2D eigenvalue weighted by Gasteiger charge is 2.24. The highest BCUT2D eigenvalue weighted by molar-refractivity contribution is 5.93. The van der Waals surface area contributed by atoms with Crippen LogP contribution >= 0.6 is 0 Å². The molecular formula is C11H9FN2O4. The Bertz CT molecular complexity index is 551. The molecule has 0 aromatic heterocycles. The van der Waals surface area contributed by atoms with Gasteiger partial charge in [0.05, 0.1) is 23.2 Å². The van der Waals surface area contributed by atoms with Gasteiger partial charge in [0.25, 0.3) is 5.69 Å². The van der Waals surface area contributed by atoms with E-state index in [1.807, 2.05) is 0 Å². The SMILES string of the molecule is C#CCN(C)c1cc(C(=O)O)c([N+](=O)[O-])cc1F. The van der Waals surface area contributed by atoms with Gasteiger partial charge in [0.15, 0.2) is 5.82 Å². The summed E-state index contributed by atoms with van der Waals surface area (Å²) in [6.07, 6.45) is 5.05. The molecule has 18 heavy (non-hydrogen) atoms. The molecule has 0 atom stereocenters. The van der Waals surface area contributed by atoms with Gasteiger partial charge in [-0.25, -0.2) is 9.18 Å². The second-order valence-electron chi connectivity index (χ2n) is 3.44. The third-order valence-electron chi connectivity index (χ3n) is 2.23. The van der Waals surface area contributed by atoms with Gasteiger partial charge in [-0.2, -0.15) is 0 Å². The van der Waals surface area contributed by atoms with Gasteiger partial charge in [0.2, 0.25) is 0 Å². The topological polar surface area (TPSA) is 83.7 Å². The largest absolute Gasteiger partial charge is 0.477 e. The fourth-order valence-electron chi connectivity index (χ4n) is 1.39. The lowest BCUT2D eigenvalue weighted by atomic mass is 10.1. The molecular weight excluding hydrogens is 243 g/mol. The summed E-state index contributed by atoms with van der Waals surface area (Å²) in [5, 5.41) is 19.5. The number of hydrogen-bond acceptors (Lipinski definition) is 4. The molecule has 0 saturated carbocycles. The lowest BCUT2D eigenvalue weighted by Crippen LogP contribution is -2.19. The molecule has 0 bridgehead atoms. The number of hydrogen-bond donors (Lipinski definition) is 1. The van der Waals surface area contributed by atoms with Crippen LogP contribution in [0.1, 0.15) is 10.4 Å². The first-order valence-electron chi connectivity index (χ1n) is 4.74. The third kappa shape index (κ3) is 2.55. The molecule has 1 rings (SSSR count). The lowest BCUT2D eigenvalue weighted by Gasteiger charge is -2.17. The van der Waals surface area contributed by atoms with Crippen molar-refractivity contribution >= 4 is 17.3 Å². The number of carbonyl (C=O) groups is 1. The van der Waals surface area contributed by atoms with Gasteiger partial charge in [0.1, 0.15) is 5.56 Å². The zero-order valence-electron chi connectivity index (χ0n) is 9.38. The van der Waals surface area contributed by atoms with Crippen molar-refractivity contribution in [3.63, 3.8) is 0 Å². The van der Waals surface area contributed by atoms with E-state index in [4.69, 9.17) is 11.5 Å². The number of carboxylic acid groups (broad SMARTS) is 1. The third-order valence-corrected chi connectivity index (χ3v) is 2.23. The first-order valence-corrected chi connectivity index (χ1v) is 4.74. The zero-order valence-corrected chi connectivity index (χ0v) is 9.38. The Kier molecular flexibility index (Phi) is 3.84. The van der Waals surface area contributed by atoms with Gasteiger partial charge in [0, 0.05) is 7.05 Å². The van der Waals surface area contributed by atoms with Crippen LogP contribution in [0.15, 0.2) is 12.1 Å². The Balaban J connectivity index is 3.41. The van der Waals surface area contributed by atoms with Crippen molar-refractivity contribution in [2.75, 3.05) is 18.5 Å². The number of halogens is 1. The molecule has 0 aliphatic heterocycles. The molecule has 0 unspecified atom stereocenters. The number of anilines is 1. The van der Waals surface area contributed by atoms with E-state index >= 15 is 0 Å². The fraction of sp³-hybridized carbons (Fsp3) is 0.182. The van der Waals surface area contributed by atoms with E-state index in [1.165, 1.54) is 11.9 Å². The molecule has 0 radical (unpaired) electrons. The minimum absolute atomic E-state index is 0.0494. The number of rotatable bonds is 4. The molecule has 7 heteroatoms. The van der Waals surface area contributed by atoms with Crippen LogP contribution < -0.4 is 4.90 Å². The van der Waals surface area contributed by atoms with Gasteiger partial charge in [-0.1, -0.05) is 5.92 Å². The van der Waals surface area contributed by atoms with Crippen molar-refractivity contribution in [2.24, 2.45) is 0 Å². The van der Waals surface area contributed by atoms with Gasteiger partial charge in [-0.05, 0) is 6.07 Å². The maximum Gasteiger partial charge on any atom is 0.342 e. The Hall–Kier alpha value is -2.62. The van der Waals surface area contributed by atoms with E-state index in [1.54, 1.807) is 0 Å². The second kappa shape index (κ2) is 5.14.